The van der Waals surface area contributed by atoms with E-state index in [1.807, 2.05) is 0 Å². The molecule has 0 bridgehead atoms. The number of aliphatic hydroxyl groups excluding tert-OH is 1. The van der Waals surface area contributed by atoms with E-state index in [0.29, 0.717) is 6.42 Å². The minimum atomic E-state index is -4.23. The zero-order valence-electron chi connectivity index (χ0n) is 11.5. The van der Waals surface area contributed by atoms with Crippen molar-refractivity contribution in [2.24, 2.45) is 5.41 Å². The molecule has 0 aliphatic carbocycles. The largest absolute Gasteiger partial charge is 0.411 e. The lowest BCUT2D eigenvalue weighted by Crippen LogP contribution is -2.42. The molecule has 19 heavy (non-hydrogen) atoms. The summed E-state index contributed by atoms with van der Waals surface area (Å²) in [5.74, 6) is 0. The van der Waals surface area contributed by atoms with Crippen molar-refractivity contribution in [2.75, 3.05) is 39.5 Å². The Bertz CT molecular complexity index is 245. The molecule has 0 unspecified atom stereocenters. The summed E-state index contributed by atoms with van der Waals surface area (Å²) in [5, 5.41) is 9.41. The lowest BCUT2D eigenvalue weighted by atomic mass is 9.77. The molecule has 1 aliphatic rings. The summed E-state index contributed by atoms with van der Waals surface area (Å²) < 4.78 is 40.1. The molecular formula is C13H24F3NO2. The van der Waals surface area contributed by atoms with E-state index in [2.05, 4.69) is 16.6 Å². The number of hydrogen-bond donors (Lipinski definition) is 1. The third kappa shape index (κ3) is 6.10. The average Bonchev–Trinajstić information content (AvgIpc) is 2.38. The lowest BCUT2D eigenvalue weighted by Gasteiger charge is -2.40. The standard InChI is InChI=1S/C13H24F3NO2/c1-2-12(10-18)4-7-17(8-5-12)6-3-9-19-11-13(14,15)16/h18H,2-11H2,1H3. The van der Waals surface area contributed by atoms with E-state index in [-0.39, 0.29) is 18.6 Å². The maximum Gasteiger partial charge on any atom is 0.411 e. The van der Waals surface area contributed by atoms with Gasteiger partial charge in [-0.2, -0.15) is 13.2 Å². The Balaban J connectivity index is 2.10. The second-order valence-electron chi connectivity index (χ2n) is 5.37. The van der Waals surface area contributed by atoms with Gasteiger partial charge in [-0.3, -0.25) is 0 Å². The minimum absolute atomic E-state index is 0.0588. The van der Waals surface area contributed by atoms with E-state index in [1.54, 1.807) is 0 Å². The molecule has 114 valence electrons. The summed E-state index contributed by atoms with van der Waals surface area (Å²) in [5.41, 5.74) is 0.0588. The maximum atomic E-state index is 11.8. The van der Waals surface area contributed by atoms with Gasteiger partial charge >= 0.3 is 6.18 Å². The number of halogens is 3. The Kier molecular flexibility index (Phi) is 6.56. The average molecular weight is 283 g/mol. The van der Waals surface area contributed by atoms with Crippen molar-refractivity contribution in [1.82, 2.24) is 4.90 Å². The summed E-state index contributed by atoms with van der Waals surface area (Å²) >= 11 is 0. The Morgan fingerprint density at radius 3 is 2.37 bits per heavy atom. The highest BCUT2D eigenvalue weighted by Crippen LogP contribution is 2.34. The van der Waals surface area contributed by atoms with E-state index in [4.69, 9.17) is 0 Å². The highest BCUT2D eigenvalue weighted by Gasteiger charge is 2.32. The molecule has 1 N–H and O–H groups in total. The molecular weight excluding hydrogens is 259 g/mol. The fourth-order valence-corrected chi connectivity index (χ4v) is 2.45. The first kappa shape index (κ1) is 16.7. The van der Waals surface area contributed by atoms with Crippen LogP contribution < -0.4 is 0 Å². The molecule has 0 spiro atoms. The predicted molar refractivity (Wildman–Crippen MR) is 67.0 cm³/mol. The number of hydrogen-bond acceptors (Lipinski definition) is 3. The second kappa shape index (κ2) is 7.45. The third-order valence-corrected chi connectivity index (χ3v) is 4.03. The Morgan fingerprint density at radius 1 is 1.26 bits per heavy atom. The Labute approximate surface area is 112 Å². The molecule has 0 amide bonds. The van der Waals surface area contributed by atoms with Crippen LogP contribution in [-0.4, -0.2) is 55.6 Å². The van der Waals surface area contributed by atoms with Crippen LogP contribution in [0.4, 0.5) is 13.2 Å². The monoisotopic (exact) mass is 283 g/mol. The van der Waals surface area contributed by atoms with Gasteiger partial charge in [0.2, 0.25) is 0 Å². The van der Waals surface area contributed by atoms with E-state index >= 15 is 0 Å². The number of alkyl halides is 3. The van der Waals surface area contributed by atoms with Gasteiger partial charge in [-0.15, -0.1) is 0 Å². The van der Waals surface area contributed by atoms with Crippen molar-refractivity contribution in [1.29, 1.82) is 0 Å². The van der Waals surface area contributed by atoms with Crippen LogP contribution in [-0.2, 0) is 4.74 Å². The molecule has 6 heteroatoms. The molecule has 1 rings (SSSR count). The zero-order chi connectivity index (χ0) is 14.4. The van der Waals surface area contributed by atoms with E-state index in [1.165, 1.54) is 0 Å². The summed E-state index contributed by atoms with van der Waals surface area (Å²) in [6.07, 6.45) is -0.708. The molecule has 0 radical (unpaired) electrons. The SMILES string of the molecule is CCC1(CO)CCN(CCCOCC(F)(F)F)CC1. The number of rotatable bonds is 7. The van der Waals surface area contributed by atoms with Crippen molar-refractivity contribution in [2.45, 2.75) is 38.8 Å². The number of likely N-dealkylation sites (tertiary alicyclic amines) is 1. The molecule has 0 aromatic carbocycles. The van der Waals surface area contributed by atoms with E-state index < -0.39 is 12.8 Å². The van der Waals surface area contributed by atoms with Crippen LogP contribution in [0.2, 0.25) is 0 Å². The highest BCUT2D eigenvalue weighted by atomic mass is 19.4. The van der Waals surface area contributed by atoms with Crippen LogP contribution in [0.5, 0.6) is 0 Å². The van der Waals surface area contributed by atoms with E-state index in [9.17, 15) is 18.3 Å². The molecule has 1 saturated heterocycles. The highest BCUT2D eigenvalue weighted by molar-refractivity contribution is 4.84. The van der Waals surface area contributed by atoms with Crippen LogP contribution in [0.25, 0.3) is 0 Å². The first-order valence-electron chi connectivity index (χ1n) is 6.88. The fourth-order valence-electron chi connectivity index (χ4n) is 2.45. The van der Waals surface area contributed by atoms with Crippen LogP contribution in [0.1, 0.15) is 32.6 Å². The van der Waals surface area contributed by atoms with Crippen LogP contribution >= 0.6 is 0 Å². The molecule has 0 atom stereocenters. The second-order valence-corrected chi connectivity index (χ2v) is 5.37. The van der Waals surface area contributed by atoms with Gasteiger partial charge in [-0.1, -0.05) is 6.92 Å². The lowest BCUT2D eigenvalue weighted by molar-refractivity contribution is -0.174. The predicted octanol–water partition coefficient (Wildman–Crippen LogP) is 2.44. The molecule has 3 nitrogen and oxygen atoms in total. The maximum absolute atomic E-state index is 11.8. The Hall–Kier alpha value is -0.330. The normalized spacial score (nSPS) is 20.7. The molecule has 0 aromatic rings. The molecule has 1 heterocycles. The first-order valence-corrected chi connectivity index (χ1v) is 6.88. The number of ether oxygens (including phenoxy) is 1. The molecule has 0 saturated carbocycles. The van der Waals surface area contributed by atoms with Gasteiger partial charge in [0.05, 0.1) is 0 Å². The van der Waals surface area contributed by atoms with Gasteiger partial charge in [0.25, 0.3) is 0 Å². The van der Waals surface area contributed by atoms with Crippen molar-refractivity contribution in [3.8, 4) is 0 Å². The Morgan fingerprint density at radius 2 is 1.89 bits per heavy atom. The topological polar surface area (TPSA) is 32.7 Å². The summed E-state index contributed by atoms with van der Waals surface area (Å²) in [4.78, 5) is 2.24. The van der Waals surface area contributed by atoms with E-state index in [0.717, 1.165) is 38.9 Å². The molecule has 0 aromatic heterocycles. The van der Waals surface area contributed by atoms with Crippen molar-refractivity contribution in [3.05, 3.63) is 0 Å². The van der Waals surface area contributed by atoms with Gasteiger partial charge in [-0.05, 0) is 44.2 Å². The van der Waals surface area contributed by atoms with Crippen molar-refractivity contribution in [3.63, 3.8) is 0 Å². The van der Waals surface area contributed by atoms with Gasteiger partial charge in [0.15, 0.2) is 0 Å². The van der Waals surface area contributed by atoms with Crippen LogP contribution in [0.15, 0.2) is 0 Å². The molecule has 1 fully saturated rings. The van der Waals surface area contributed by atoms with Gasteiger partial charge in [0.1, 0.15) is 6.61 Å². The van der Waals surface area contributed by atoms with Crippen molar-refractivity contribution < 1.29 is 23.0 Å². The minimum Gasteiger partial charge on any atom is -0.396 e. The van der Waals surface area contributed by atoms with Crippen molar-refractivity contribution >= 4 is 0 Å². The molecule has 1 aliphatic heterocycles. The quantitative estimate of drug-likeness (QED) is 0.728. The third-order valence-electron chi connectivity index (χ3n) is 4.03. The van der Waals surface area contributed by atoms with Gasteiger partial charge in [-0.25, -0.2) is 0 Å². The van der Waals surface area contributed by atoms with Gasteiger partial charge < -0.3 is 14.7 Å². The summed E-state index contributed by atoms with van der Waals surface area (Å²) in [6, 6.07) is 0. The van der Waals surface area contributed by atoms with Crippen LogP contribution in [0.3, 0.4) is 0 Å². The summed E-state index contributed by atoms with van der Waals surface area (Å²) in [6.45, 7) is 3.90. The fraction of sp³-hybridized carbons (Fsp3) is 1.00. The van der Waals surface area contributed by atoms with Gasteiger partial charge in [0, 0.05) is 19.8 Å². The number of piperidine rings is 1. The smallest absolute Gasteiger partial charge is 0.396 e. The van der Waals surface area contributed by atoms with Crippen LogP contribution in [0, 0.1) is 5.41 Å². The number of aliphatic hydroxyl groups is 1. The zero-order valence-corrected chi connectivity index (χ0v) is 11.5. The summed E-state index contributed by atoms with van der Waals surface area (Å²) in [7, 11) is 0. The first-order chi connectivity index (χ1) is 8.91. The number of nitrogens with zero attached hydrogens (tertiary/aromatic N) is 1.